The smallest absolute Gasteiger partial charge is 0.306 e. The Kier molecular flexibility index (Phi) is 4.14. The molecule has 1 fully saturated rings. The second kappa shape index (κ2) is 6.52. The molecule has 9 heteroatoms. The largest absolute Gasteiger partial charge is 0.481 e. The number of piperidine rings is 1. The maximum atomic E-state index is 12.5. The molecule has 1 saturated heterocycles. The Hall–Kier alpha value is -3.62. The molecule has 2 aromatic rings. The second-order valence-corrected chi connectivity index (χ2v) is 6.89. The molecular weight excluding hydrogens is 364 g/mol. The molecule has 0 bridgehead atoms. The highest BCUT2D eigenvalue weighted by molar-refractivity contribution is 6.23. The number of nitrogens with one attached hydrogen (secondary N) is 1. The zero-order valence-corrected chi connectivity index (χ0v) is 14.8. The lowest BCUT2D eigenvalue weighted by atomic mass is 9.97. The summed E-state index contributed by atoms with van der Waals surface area (Å²) in [5.41, 5.74) is 6.90. The number of hydrogen-bond donors (Lipinski definition) is 3. The Labute approximate surface area is 159 Å². The highest BCUT2D eigenvalue weighted by Gasteiger charge is 2.32. The number of carbonyl (C=O) groups excluding carboxylic acids is 2. The average Bonchev–Trinajstić information content (AvgIpc) is 2.96. The topological polar surface area (TPSA) is 135 Å². The number of aromatic nitrogens is 1. The van der Waals surface area contributed by atoms with Crippen molar-refractivity contribution in [3.8, 4) is 5.69 Å². The number of nitrogen functional groups attached to an aromatic ring is 1. The number of pyridine rings is 1. The summed E-state index contributed by atoms with van der Waals surface area (Å²) in [4.78, 5) is 49.3. The van der Waals surface area contributed by atoms with Crippen molar-refractivity contribution < 1.29 is 19.5 Å². The summed E-state index contributed by atoms with van der Waals surface area (Å²) >= 11 is 0. The third kappa shape index (κ3) is 2.81. The number of nitrogens with zero attached hydrogens (tertiary/aromatic N) is 2. The number of rotatable bonds is 3. The van der Waals surface area contributed by atoms with E-state index in [2.05, 4.69) is 10.2 Å². The van der Waals surface area contributed by atoms with Gasteiger partial charge in [0, 0.05) is 24.8 Å². The third-order valence-electron chi connectivity index (χ3n) is 5.27. The lowest BCUT2D eigenvalue weighted by Crippen LogP contribution is -2.36. The van der Waals surface area contributed by atoms with Gasteiger partial charge < -0.3 is 15.7 Å². The number of aliphatic carboxylic acids is 1. The fraction of sp³-hybridized carbons (Fsp3) is 0.263. The van der Waals surface area contributed by atoms with Crippen molar-refractivity contribution in [3.05, 3.63) is 51.8 Å². The Morgan fingerprint density at radius 1 is 1.04 bits per heavy atom. The molecule has 2 amide bonds. The molecule has 2 aliphatic heterocycles. The van der Waals surface area contributed by atoms with E-state index in [1.165, 1.54) is 4.57 Å². The van der Waals surface area contributed by atoms with E-state index in [0.717, 1.165) is 11.8 Å². The predicted molar refractivity (Wildman–Crippen MR) is 101 cm³/mol. The molecule has 0 radical (unpaired) electrons. The van der Waals surface area contributed by atoms with Crippen LogP contribution in [-0.4, -0.2) is 40.5 Å². The molecule has 144 valence electrons. The molecule has 1 aromatic carbocycles. The summed E-state index contributed by atoms with van der Waals surface area (Å²) in [6.07, 6.45) is 1.16. The van der Waals surface area contributed by atoms with E-state index >= 15 is 0 Å². The first-order valence-electron chi connectivity index (χ1n) is 8.86. The summed E-state index contributed by atoms with van der Waals surface area (Å²) in [6, 6.07) is 8.16. The third-order valence-corrected chi connectivity index (χ3v) is 5.27. The minimum atomic E-state index is -0.760. The van der Waals surface area contributed by atoms with Gasteiger partial charge in [-0.15, -0.1) is 0 Å². The van der Waals surface area contributed by atoms with Crippen LogP contribution in [0.2, 0.25) is 0 Å². The molecule has 3 heterocycles. The molecule has 28 heavy (non-hydrogen) atoms. The molecular formula is C19H18N4O5. The van der Waals surface area contributed by atoms with Crippen LogP contribution in [0.15, 0.2) is 35.1 Å². The number of fused-ring (bicyclic) bond motifs is 1. The second-order valence-electron chi connectivity index (χ2n) is 6.89. The highest BCUT2D eigenvalue weighted by atomic mass is 16.4. The lowest BCUT2D eigenvalue weighted by Gasteiger charge is -2.32. The molecule has 4 rings (SSSR count). The first-order chi connectivity index (χ1) is 13.4. The van der Waals surface area contributed by atoms with Gasteiger partial charge in [-0.05, 0) is 37.1 Å². The number of carbonyl (C=O) groups is 3. The average molecular weight is 382 g/mol. The molecule has 9 nitrogen and oxygen atoms in total. The maximum absolute atomic E-state index is 12.5. The number of amides is 2. The number of imide groups is 1. The van der Waals surface area contributed by atoms with Crippen LogP contribution in [0.25, 0.3) is 5.69 Å². The Balaban J connectivity index is 1.63. The number of carboxylic acids is 1. The van der Waals surface area contributed by atoms with Crippen molar-refractivity contribution in [1.29, 1.82) is 0 Å². The van der Waals surface area contributed by atoms with Gasteiger partial charge in [-0.2, -0.15) is 0 Å². The number of anilines is 2. The van der Waals surface area contributed by atoms with Crippen LogP contribution in [0, 0.1) is 5.92 Å². The molecule has 0 aliphatic carbocycles. The molecule has 4 N–H and O–H groups in total. The highest BCUT2D eigenvalue weighted by Crippen LogP contribution is 2.26. The zero-order valence-electron chi connectivity index (χ0n) is 14.8. The van der Waals surface area contributed by atoms with E-state index < -0.39 is 23.3 Å². The van der Waals surface area contributed by atoms with Gasteiger partial charge in [0.1, 0.15) is 5.82 Å². The minimum absolute atomic E-state index is 0.00409. The van der Waals surface area contributed by atoms with Crippen molar-refractivity contribution in [2.45, 2.75) is 12.8 Å². The fourth-order valence-corrected chi connectivity index (χ4v) is 3.74. The lowest BCUT2D eigenvalue weighted by molar-refractivity contribution is -0.142. The SMILES string of the molecule is Nc1c2c(cc(=O)n1-c1ccc(N3CCC(C(=O)O)CC3)cc1)C(=O)NC2=O. The molecule has 0 atom stereocenters. The predicted octanol–water partition coefficient (Wildman–Crippen LogP) is 0.604. The molecule has 2 aliphatic rings. The summed E-state index contributed by atoms with van der Waals surface area (Å²) < 4.78 is 1.19. The number of nitrogens with two attached hydrogens (primary N) is 1. The molecule has 0 unspecified atom stereocenters. The Morgan fingerprint density at radius 2 is 1.64 bits per heavy atom. The van der Waals surface area contributed by atoms with Gasteiger partial charge in [-0.1, -0.05) is 0 Å². The monoisotopic (exact) mass is 382 g/mol. The van der Waals surface area contributed by atoms with E-state index in [1.807, 2.05) is 12.1 Å². The van der Waals surface area contributed by atoms with Crippen LogP contribution >= 0.6 is 0 Å². The normalized spacial score (nSPS) is 16.8. The molecule has 0 saturated carbocycles. The standard InChI is InChI=1S/C19H18N4O5/c20-16-15-13(17(25)21-18(15)26)9-14(24)23(16)12-3-1-11(2-4-12)22-7-5-10(6-8-22)19(27)28/h1-4,9-10H,5-8,20H2,(H,27,28)(H,21,25,26). The first-order valence-corrected chi connectivity index (χ1v) is 8.86. The van der Waals surface area contributed by atoms with Crippen LogP contribution in [-0.2, 0) is 4.79 Å². The van der Waals surface area contributed by atoms with Gasteiger partial charge in [0.25, 0.3) is 17.4 Å². The van der Waals surface area contributed by atoms with Crippen LogP contribution in [0.1, 0.15) is 33.6 Å². The van der Waals surface area contributed by atoms with Crippen molar-refractivity contribution in [2.24, 2.45) is 5.92 Å². The van der Waals surface area contributed by atoms with Crippen molar-refractivity contribution in [3.63, 3.8) is 0 Å². The van der Waals surface area contributed by atoms with E-state index in [-0.39, 0.29) is 22.9 Å². The van der Waals surface area contributed by atoms with Gasteiger partial charge in [0.15, 0.2) is 0 Å². The number of hydrogen-bond acceptors (Lipinski definition) is 6. The summed E-state index contributed by atoms with van der Waals surface area (Å²) in [5, 5.41) is 11.2. The number of carboxylic acid groups (broad SMARTS) is 1. The summed E-state index contributed by atoms with van der Waals surface area (Å²) in [7, 11) is 0. The van der Waals surface area contributed by atoms with Crippen LogP contribution in [0.4, 0.5) is 11.5 Å². The van der Waals surface area contributed by atoms with Crippen LogP contribution in [0.3, 0.4) is 0 Å². The molecule has 1 aromatic heterocycles. The van der Waals surface area contributed by atoms with Crippen LogP contribution in [0.5, 0.6) is 0 Å². The maximum Gasteiger partial charge on any atom is 0.306 e. The molecule has 0 spiro atoms. The summed E-state index contributed by atoms with van der Waals surface area (Å²) in [6.45, 7) is 1.28. The fourth-order valence-electron chi connectivity index (χ4n) is 3.74. The van der Waals surface area contributed by atoms with E-state index in [9.17, 15) is 19.2 Å². The van der Waals surface area contributed by atoms with Gasteiger partial charge in [0.05, 0.1) is 22.7 Å². The van der Waals surface area contributed by atoms with Crippen molar-refractivity contribution in [1.82, 2.24) is 9.88 Å². The first kappa shape index (κ1) is 17.8. The van der Waals surface area contributed by atoms with E-state index in [4.69, 9.17) is 10.8 Å². The van der Waals surface area contributed by atoms with Gasteiger partial charge in [0.2, 0.25) is 0 Å². The Bertz CT molecular complexity index is 1050. The van der Waals surface area contributed by atoms with Crippen LogP contribution < -0.4 is 21.5 Å². The zero-order chi connectivity index (χ0) is 20.0. The van der Waals surface area contributed by atoms with E-state index in [0.29, 0.717) is 31.6 Å². The van der Waals surface area contributed by atoms with Crippen molar-refractivity contribution in [2.75, 3.05) is 23.7 Å². The number of benzene rings is 1. The van der Waals surface area contributed by atoms with Gasteiger partial charge in [-0.3, -0.25) is 29.1 Å². The minimum Gasteiger partial charge on any atom is -0.481 e. The van der Waals surface area contributed by atoms with Gasteiger partial charge >= 0.3 is 5.97 Å². The van der Waals surface area contributed by atoms with E-state index in [1.54, 1.807) is 12.1 Å². The van der Waals surface area contributed by atoms with Gasteiger partial charge in [-0.25, -0.2) is 0 Å². The summed E-state index contributed by atoms with van der Waals surface area (Å²) in [5.74, 6) is -2.40. The Morgan fingerprint density at radius 3 is 2.25 bits per heavy atom. The quantitative estimate of drug-likeness (QED) is 0.662. The van der Waals surface area contributed by atoms with Crippen molar-refractivity contribution >= 4 is 29.3 Å².